The number of hydrogen-bond donors (Lipinski definition) is 0. The normalized spacial score (nSPS) is 11.4. The van der Waals surface area contributed by atoms with Crippen LogP contribution >= 0.6 is 0 Å². The van der Waals surface area contributed by atoms with Crippen LogP contribution in [0.3, 0.4) is 0 Å². The van der Waals surface area contributed by atoms with Crippen molar-refractivity contribution < 1.29 is 0 Å². The van der Waals surface area contributed by atoms with Crippen molar-refractivity contribution in [2.45, 2.75) is 40.0 Å². The largest absolute Gasteiger partial charge is 0.103 e. The molecule has 0 aliphatic heterocycles. The Morgan fingerprint density at radius 3 is 2.07 bits per heavy atom. The zero-order valence-electron chi connectivity index (χ0n) is 10.2. The van der Waals surface area contributed by atoms with E-state index in [1.165, 1.54) is 11.1 Å². The molecule has 0 radical (unpaired) electrons. The van der Waals surface area contributed by atoms with Crippen LogP contribution in [0.15, 0.2) is 36.9 Å². The lowest BCUT2D eigenvalue weighted by molar-refractivity contribution is 0.411. The molecule has 15 heavy (non-hydrogen) atoms. The third kappa shape index (κ3) is 4.83. The maximum Gasteiger partial charge on any atom is -0.0230 e. The van der Waals surface area contributed by atoms with Crippen LogP contribution < -0.4 is 0 Å². The van der Waals surface area contributed by atoms with E-state index < -0.39 is 0 Å². The summed E-state index contributed by atoms with van der Waals surface area (Å²) in [6, 6.07) is 8.99. The van der Waals surface area contributed by atoms with Crippen molar-refractivity contribution >= 4 is 0 Å². The van der Waals surface area contributed by atoms with Gasteiger partial charge >= 0.3 is 0 Å². The monoisotopic (exact) mass is 202 g/mol. The fourth-order valence-electron chi connectivity index (χ4n) is 1.70. The highest BCUT2D eigenvalue weighted by molar-refractivity contribution is 5.23. The second kappa shape index (κ2) is 5.16. The lowest BCUT2D eigenvalue weighted by atomic mass is 9.88. The molecule has 1 rings (SSSR count). The highest BCUT2D eigenvalue weighted by Gasteiger charge is 2.10. The highest BCUT2D eigenvalue weighted by Crippen LogP contribution is 2.20. The van der Waals surface area contributed by atoms with E-state index in [-0.39, 0.29) is 0 Å². The van der Waals surface area contributed by atoms with Crippen LogP contribution in [0.2, 0.25) is 0 Å². The number of rotatable bonds is 4. The Morgan fingerprint density at radius 1 is 1.07 bits per heavy atom. The molecule has 1 aromatic carbocycles. The van der Waals surface area contributed by atoms with Crippen molar-refractivity contribution in [3.8, 4) is 0 Å². The van der Waals surface area contributed by atoms with Crippen molar-refractivity contribution in [3.63, 3.8) is 0 Å². The Kier molecular flexibility index (Phi) is 4.14. The van der Waals surface area contributed by atoms with Crippen LogP contribution in [0.5, 0.6) is 0 Å². The van der Waals surface area contributed by atoms with E-state index in [0.717, 1.165) is 19.3 Å². The second-order valence-electron chi connectivity index (χ2n) is 5.38. The Hall–Kier alpha value is -1.04. The molecule has 0 N–H and O–H groups in total. The van der Waals surface area contributed by atoms with Gasteiger partial charge in [0.2, 0.25) is 0 Å². The van der Waals surface area contributed by atoms with Crippen LogP contribution in [0.1, 0.15) is 38.3 Å². The van der Waals surface area contributed by atoms with E-state index in [1.54, 1.807) is 0 Å². The molecular weight excluding hydrogens is 180 g/mol. The molecule has 0 nitrogen and oxygen atoms in total. The Balaban J connectivity index is 2.60. The van der Waals surface area contributed by atoms with Crippen molar-refractivity contribution in [1.29, 1.82) is 0 Å². The average molecular weight is 202 g/mol. The van der Waals surface area contributed by atoms with Gasteiger partial charge in [-0.2, -0.15) is 0 Å². The van der Waals surface area contributed by atoms with E-state index >= 15 is 0 Å². The molecule has 0 bridgehead atoms. The number of benzene rings is 1. The minimum absolute atomic E-state index is 0.378. The van der Waals surface area contributed by atoms with E-state index in [4.69, 9.17) is 0 Å². The molecule has 0 unspecified atom stereocenters. The fraction of sp³-hybridized carbons (Fsp3) is 0.467. The first-order valence-electron chi connectivity index (χ1n) is 5.70. The van der Waals surface area contributed by atoms with Crippen molar-refractivity contribution in [2.24, 2.45) is 5.41 Å². The van der Waals surface area contributed by atoms with Gasteiger partial charge in [0.25, 0.3) is 0 Å². The molecule has 0 saturated carbocycles. The predicted octanol–water partition coefficient (Wildman–Crippen LogP) is 4.39. The lowest BCUT2D eigenvalue weighted by Gasteiger charge is -2.18. The summed E-state index contributed by atoms with van der Waals surface area (Å²) in [4.78, 5) is 0. The van der Waals surface area contributed by atoms with Gasteiger partial charge in [0.1, 0.15) is 0 Å². The lowest BCUT2D eigenvalue weighted by Crippen LogP contribution is -2.08. The zero-order chi connectivity index (χ0) is 11.3. The fourth-order valence-corrected chi connectivity index (χ4v) is 1.70. The van der Waals surface area contributed by atoms with E-state index in [0.29, 0.717) is 5.41 Å². The summed E-state index contributed by atoms with van der Waals surface area (Å²) >= 11 is 0. The van der Waals surface area contributed by atoms with E-state index in [1.807, 2.05) is 6.08 Å². The van der Waals surface area contributed by atoms with Crippen LogP contribution in [-0.4, -0.2) is 0 Å². The van der Waals surface area contributed by atoms with Crippen LogP contribution in [0.4, 0.5) is 0 Å². The van der Waals surface area contributed by atoms with Gasteiger partial charge in [0.05, 0.1) is 0 Å². The molecule has 0 aromatic heterocycles. The maximum absolute atomic E-state index is 3.74. The molecule has 0 heterocycles. The first kappa shape index (κ1) is 12.0. The zero-order valence-corrected chi connectivity index (χ0v) is 10.2. The van der Waals surface area contributed by atoms with Gasteiger partial charge in [0.15, 0.2) is 0 Å². The number of hydrogen-bond acceptors (Lipinski definition) is 0. The molecule has 0 aliphatic rings. The Morgan fingerprint density at radius 2 is 1.60 bits per heavy atom. The minimum atomic E-state index is 0.378. The molecule has 0 aliphatic carbocycles. The van der Waals surface area contributed by atoms with Gasteiger partial charge < -0.3 is 0 Å². The quantitative estimate of drug-likeness (QED) is 0.635. The summed E-state index contributed by atoms with van der Waals surface area (Å²) in [5.74, 6) is 0. The smallest absolute Gasteiger partial charge is 0.0230 e. The topological polar surface area (TPSA) is 0 Å². The minimum Gasteiger partial charge on any atom is -0.103 e. The number of aryl methyl sites for hydroxylation is 1. The van der Waals surface area contributed by atoms with Crippen molar-refractivity contribution in [1.82, 2.24) is 0 Å². The summed E-state index contributed by atoms with van der Waals surface area (Å²) in [6.07, 6.45) is 5.30. The van der Waals surface area contributed by atoms with Crippen molar-refractivity contribution in [3.05, 3.63) is 48.0 Å². The molecule has 0 heteroatoms. The molecule has 0 fully saturated rings. The third-order valence-corrected chi connectivity index (χ3v) is 2.39. The van der Waals surface area contributed by atoms with Crippen molar-refractivity contribution in [2.75, 3.05) is 0 Å². The second-order valence-corrected chi connectivity index (χ2v) is 5.38. The average Bonchev–Trinajstić information content (AvgIpc) is 2.14. The first-order chi connectivity index (χ1) is 7.01. The third-order valence-electron chi connectivity index (χ3n) is 2.39. The summed E-state index contributed by atoms with van der Waals surface area (Å²) < 4.78 is 0. The van der Waals surface area contributed by atoms with Gasteiger partial charge in [-0.05, 0) is 35.8 Å². The molecule has 0 atom stereocenters. The predicted molar refractivity (Wildman–Crippen MR) is 68.1 cm³/mol. The van der Waals surface area contributed by atoms with Gasteiger partial charge in [-0.1, -0.05) is 51.1 Å². The maximum atomic E-state index is 3.74. The Labute approximate surface area is 94.0 Å². The summed E-state index contributed by atoms with van der Waals surface area (Å²) in [6.45, 7) is 10.6. The molecule has 0 amide bonds. The Bertz CT molecular complexity index is 298. The van der Waals surface area contributed by atoms with Gasteiger partial charge in [-0.25, -0.2) is 0 Å². The molecule has 82 valence electrons. The van der Waals surface area contributed by atoms with Crippen LogP contribution in [0.25, 0.3) is 0 Å². The molecular formula is C15H22. The molecule has 0 saturated heterocycles. The summed E-state index contributed by atoms with van der Waals surface area (Å²) in [7, 11) is 0. The molecule has 0 spiro atoms. The van der Waals surface area contributed by atoms with Crippen LogP contribution in [0, 0.1) is 5.41 Å². The summed E-state index contributed by atoms with van der Waals surface area (Å²) in [5.41, 5.74) is 3.22. The highest BCUT2D eigenvalue weighted by atomic mass is 14.2. The van der Waals surface area contributed by atoms with Crippen LogP contribution in [-0.2, 0) is 12.8 Å². The standard InChI is InChI=1S/C15H22/c1-5-6-7-13-8-10-14(11-9-13)12-15(2,3)4/h5,8-11H,1,6-7,12H2,2-4H3. The number of allylic oxidation sites excluding steroid dienone is 1. The van der Waals surface area contributed by atoms with Gasteiger partial charge in [-0.3, -0.25) is 0 Å². The SMILES string of the molecule is C=CCCc1ccc(CC(C)(C)C)cc1. The first-order valence-corrected chi connectivity index (χ1v) is 5.70. The van der Waals surface area contributed by atoms with E-state index in [9.17, 15) is 0 Å². The summed E-state index contributed by atoms with van der Waals surface area (Å²) in [5, 5.41) is 0. The van der Waals surface area contributed by atoms with Gasteiger partial charge in [-0.15, -0.1) is 6.58 Å². The van der Waals surface area contributed by atoms with E-state index in [2.05, 4.69) is 51.6 Å². The molecule has 1 aromatic rings. The van der Waals surface area contributed by atoms with Gasteiger partial charge in [0, 0.05) is 0 Å².